The monoisotopic (exact) mass is 675 g/mol. The second-order valence-electron chi connectivity index (χ2n) is 11.6. The summed E-state index contributed by atoms with van der Waals surface area (Å²) in [5.74, 6) is -2.76. The van der Waals surface area contributed by atoms with Gasteiger partial charge in [-0.25, -0.2) is 22.0 Å². The highest BCUT2D eigenvalue weighted by molar-refractivity contribution is 7.89. The van der Waals surface area contributed by atoms with Crippen molar-refractivity contribution in [1.29, 1.82) is 0 Å². The molecule has 3 aromatic carbocycles. The molecule has 4 N–H and O–H groups in total. The number of methoxy groups -OCH3 is 1. The van der Waals surface area contributed by atoms with Gasteiger partial charge in [0.15, 0.2) is 0 Å². The maximum Gasteiger partial charge on any atom is 0.407 e. The average Bonchev–Trinajstić information content (AvgIpc) is 3.03. The lowest BCUT2D eigenvalue weighted by molar-refractivity contribution is -0.124. The number of carbonyl (C=O) groups excluding carboxylic acids is 2. The Balaban J connectivity index is 1.78. The van der Waals surface area contributed by atoms with Crippen molar-refractivity contribution in [2.45, 2.75) is 81.6 Å². The number of alkyl carbamates (subject to hydrolysis) is 1. The van der Waals surface area contributed by atoms with Crippen molar-refractivity contribution < 1.29 is 41.7 Å². The number of carbonyl (C=O) groups is 2. The summed E-state index contributed by atoms with van der Waals surface area (Å²) in [6.07, 6.45) is 0.167. The maximum atomic E-state index is 14.3. The highest BCUT2D eigenvalue weighted by Crippen LogP contribution is 2.30. The van der Waals surface area contributed by atoms with Crippen LogP contribution in [0.2, 0.25) is 0 Å². The number of halogens is 2. The number of aliphatic hydroxyl groups excluding tert-OH is 2. The molecule has 3 atom stereocenters. The Bertz CT molecular complexity index is 1540. The fraction of sp³-hybridized carbons (Fsp3) is 0.412. The topological polar surface area (TPSA) is 145 Å². The molecular weight excluding hydrogens is 632 g/mol. The van der Waals surface area contributed by atoms with Gasteiger partial charge in [-0.15, -0.1) is 0 Å². The van der Waals surface area contributed by atoms with Crippen molar-refractivity contribution >= 4 is 22.0 Å². The van der Waals surface area contributed by atoms with E-state index in [1.165, 1.54) is 65.0 Å². The second-order valence-corrected chi connectivity index (χ2v) is 13.5. The van der Waals surface area contributed by atoms with Crippen LogP contribution in [0.15, 0.2) is 77.7 Å². The smallest absolute Gasteiger partial charge is 0.407 e. The van der Waals surface area contributed by atoms with Crippen molar-refractivity contribution in [3.05, 3.63) is 101 Å². The van der Waals surface area contributed by atoms with Crippen molar-refractivity contribution in [3.8, 4) is 0 Å². The Kier molecular flexibility index (Phi) is 13.8. The van der Waals surface area contributed by atoms with Crippen molar-refractivity contribution in [1.82, 2.24) is 14.9 Å². The van der Waals surface area contributed by atoms with E-state index in [2.05, 4.69) is 10.6 Å². The van der Waals surface area contributed by atoms with E-state index in [1.807, 2.05) is 0 Å². The van der Waals surface area contributed by atoms with Crippen molar-refractivity contribution in [2.24, 2.45) is 0 Å². The number of aliphatic hydroxyl groups is 2. The molecule has 0 spiro atoms. The van der Waals surface area contributed by atoms with E-state index in [1.54, 1.807) is 32.9 Å². The molecular formula is C34H43F2N3O7S. The Labute approximate surface area is 274 Å². The summed E-state index contributed by atoms with van der Waals surface area (Å²) in [6, 6.07) is 13.8. The van der Waals surface area contributed by atoms with E-state index in [4.69, 9.17) is 4.74 Å². The SMILES string of the molecule is COC(=O)N[C@H](C(=O)N[C@@H](C)CCC[C@@H](CO)N(C(C)C)S(=O)(=O)c1ccc(CO)cc1)C(c1cccc(F)c1)c1cccc(F)c1. The van der Waals surface area contributed by atoms with Crippen molar-refractivity contribution in [2.75, 3.05) is 13.7 Å². The third-order valence-corrected chi connectivity index (χ3v) is 9.96. The normalized spacial score (nSPS) is 13.8. The number of hydrogen-bond donors (Lipinski definition) is 4. The second kappa shape index (κ2) is 17.3. The van der Waals surface area contributed by atoms with Gasteiger partial charge in [0.2, 0.25) is 15.9 Å². The number of nitrogens with zero attached hydrogens (tertiary/aromatic N) is 1. The summed E-state index contributed by atoms with van der Waals surface area (Å²) in [6.45, 7) is 4.51. The molecule has 2 amide bonds. The number of hydrogen-bond acceptors (Lipinski definition) is 7. The zero-order valence-corrected chi connectivity index (χ0v) is 27.7. The number of benzene rings is 3. The molecule has 13 heteroatoms. The van der Waals surface area contributed by atoms with Crippen LogP contribution in [0.25, 0.3) is 0 Å². The molecule has 3 rings (SSSR count). The van der Waals surface area contributed by atoms with Gasteiger partial charge in [0.05, 0.1) is 25.2 Å². The van der Waals surface area contributed by atoms with Gasteiger partial charge in [-0.3, -0.25) is 4.79 Å². The van der Waals surface area contributed by atoms with Crippen molar-refractivity contribution in [3.63, 3.8) is 0 Å². The van der Waals surface area contributed by atoms with E-state index in [0.717, 1.165) is 7.11 Å². The lowest BCUT2D eigenvalue weighted by atomic mass is 9.84. The summed E-state index contributed by atoms with van der Waals surface area (Å²) in [7, 11) is -2.85. The molecule has 0 radical (unpaired) electrons. The predicted molar refractivity (Wildman–Crippen MR) is 173 cm³/mol. The van der Waals surface area contributed by atoms with Gasteiger partial charge in [0.1, 0.15) is 17.7 Å². The van der Waals surface area contributed by atoms with Crippen LogP contribution < -0.4 is 10.6 Å². The summed E-state index contributed by atoms with van der Waals surface area (Å²) in [5, 5.41) is 24.9. The molecule has 10 nitrogen and oxygen atoms in total. The van der Waals surface area contributed by atoms with Gasteiger partial charge >= 0.3 is 6.09 Å². The standard InChI is InChI=1S/C34H43F2N3O7S/c1-22(2)39(47(44,45)30-16-14-24(20-40)15-17-30)29(21-41)13-5-8-23(3)37-33(42)32(38-34(43)46-4)31(25-9-6-11-27(35)18-25)26-10-7-12-28(36)19-26/h6-7,9-12,14-19,22-23,29,31-32,40-41H,5,8,13,20-21H2,1-4H3,(H,37,42)(H,38,43)/t23-,29-,32-/m0/s1. The molecule has 0 bridgehead atoms. The summed E-state index contributed by atoms with van der Waals surface area (Å²) in [4.78, 5) is 26.2. The summed E-state index contributed by atoms with van der Waals surface area (Å²) >= 11 is 0. The Morgan fingerprint density at radius 2 is 1.45 bits per heavy atom. The summed E-state index contributed by atoms with van der Waals surface area (Å²) in [5.41, 5.74) is 1.22. The van der Waals surface area contributed by atoms with E-state index in [0.29, 0.717) is 29.5 Å². The first-order valence-electron chi connectivity index (χ1n) is 15.3. The fourth-order valence-corrected chi connectivity index (χ4v) is 7.45. The van der Waals surface area contributed by atoms with Crippen LogP contribution in [0.1, 0.15) is 62.6 Å². The quantitative estimate of drug-likeness (QED) is 0.176. The third-order valence-electron chi connectivity index (χ3n) is 7.81. The van der Waals surface area contributed by atoms with E-state index >= 15 is 0 Å². The van der Waals surface area contributed by atoms with Gasteiger partial charge in [0.25, 0.3) is 0 Å². The molecule has 0 heterocycles. The molecule has 47 heavy (non-hydrogen) atoms. The van der Waals surface area contributed by atoms with E-state index < -0.39 is 70.4 Å². The minimum atomic E-state index is -3.98. The number of amides is 2. The molecule has 0 aromatic heterocycles. The van der Waals surface area contributed by atoms with Crippen LogP contribution in [0.3, 0.4) is 0 Å². The number of rotatable bonds is 16. The molecule has 0 saturated carbocycles. The molecule has 0 unspecified atom stereocenters. The van der Waals surface area contributed by atoms with Gasteiger partial charge in [-0.05, 0) is 93.1 Å². The van der Waals surface area contributed by atoms with Crippen LogP contribution in [0.5, 0.6) is 0 Å². The van der Waals surface area contributed by atoms with E-state index in [9.17, 15) is 37.0 Å². The van der Waals surface area contributed by atoms with Crippen LogP contribution >= 0.6 is 0 Å². The van der Waals surface area contributed by atoms with Gasteiger partial charge < -0.3 is 25.6 Å². The average molecular weight is 676 g/mol. The van der Waals surface area contributed by atoms with Gasteiger partial charge in [0, 0.05) is 24.0 Å². The highest BCUT2D eigenvalue weighted by Gasteiger charge is 2.35. The highest BCUT2D eigenvalue weighted by atomic mass is 32.2. The lowest BCUT2D eigenvalue weighted by Gasteiger charge is -2.33. The fourth-order valence-electron chi connectivity index (χ4n) is 5.61. The minimum absolute atomic E-state index is 0.0396. The first-order chi connectivity index (χ1) is 22.3. The molecule has 0 aliphatic rings. The third kappa shape index (κ3) is 10.0. The largest absolute Gasteiger partial charge is 0.453 e. The van der Waals surface area contributed by atoms with Gasteiger partial charge in [-0.2, -0.15) is 4.31 Å². The number of nitrogens with one attached hydrogen (secondary N) is 2. The predicted octanol–water partition coefficient (Wildman–Crippen LogP) is 4.45. The van der Waals surface area contributed by atoms with Crippen LogP contribution in [0, 0.1) is 11.6 Å². The maximum absolute atomic E-state index is 14.3. The molecule has 256 valence electrons. The van der Waals surface area contributed by atoms with Crippen LogP contribution in [0.4, 0.5) is 13.6 Å². The zero-order chi connectivity index (χ0) is 34.7. The molecule has 0 aliphatic heterocycles. The van der Waals surface area contributed by atoms with Gasteiger partial charge in [-0.1, -0.05) is 36.4 Å². The molecule has 0 aliphatic carbocycles. The molecule has 0 fully saturated rings. The molecule has 0 saturated heterocycles. The van der Waals surface area contributed by atoms with Crippen LogP contribution in [-0.2, 0) is 26.2 Å². The number of sulfonamides is 1. The Hall–Kier alpha value is -3.91. The van der Waals surface area contributed by atoms with Crippen LogP contribution in [-0.4, -0.2) is 72.8 Å². The lowest BCUT2D eigenvalue weighted by Crippen LogP contribution is -2.52. The molecule has 3 aromatic rings. The summed E-state index contributed by atoms with van der Waals surface area (Å²) < 4.78 is 61.7. The Morgan fingerprint density at radius 1 is 0.872 bits per heavy atom. The first-order valence-corrected chi connectivity index (χ1v) is 16.8. The van der Waals surface area contributed by atoms with E-state index in [-0.39, 0.29) is 17.9 Å². The number of ether oxygens (including phenoxy) is 1. The Morgan fingerprint density at radius 3 is 1.91 bits per heavy atom. The first kappa shape index (κ1) is 37.5. The minimum Gasteiger partial charge on any atom is -0.453 e. The zero-order valence-electron chi connectivity index (χ0n) is 26.9.